The highest BCUT2D eigenvalue weighted by atomic mass is 15.4. The molecule has 41 heavy (non-hydrogen) atoms. The van der Waals surface area contributed by atoms with Gasteiger partial charge in [-0.3, -0.25) is 9.88 Å². The number of benzene rings is 4. The van der Waals surface area contributed by atoms with Crippen LogP contribution in [0.15, 0.2) is 116 Å². The van der Waals surface area contributed by atoms with Crippen LogP contribution in [0, 0.1) is 0 Å². The molecule has 0 saturated heterocycles. The molecule has 6 heteroatoms. The molecule has 0 spiro atoms. The summed E-state index contributed by atoms with van der Waals surface area (Å²) in [4.78, 5) is 14.5. The predicted molar refractivity (Wildman–Crippen MR) is 169 cm³/mol. The lowest BCUT2D eigenvalue weighted by Gasteiger charge is -2.38. The van der Waals surface area contributed by atoms with Gasteiger partial charge in [-0.2, -0.15) is 0 Å². The Labute approximate surface area is 238 Å². The fourth-order valence-electron chi connectivity index (χ4n) is 6.25. The third kappa shape index (κ3) is 3.44. The summed E-state index contributed by atoms with van der Waals surface area (Å²) in [6.45, 7) is 0. The lowest BCUT2D eigenvalue weighted by atomic mass is 9.98. The molecule has 0 unspecified atom stereocenters. The number of nitrogens with zero attached hydrogens (tertiary/aromatic N) is 6. The summed E-state index contributed by atoms with van der Waals surface area (Å²) in [7, 11) is 6.33. The third-order valence-corrected chi connectivity index (χ3v) is 8.33. The monoisotopic (exact) mass is 532 g/mol. The number of pyridine rings is 1. The molecule has 0 atom stereocenters. The Kier molecular flexibility index (Phi) is 5.06. The van der Waals surface area contributed by atoms with Crippen LogP contribution in [0.5, 0.6) is 0 Å². The maximum absolute atomic E-state index is 5.32. The van der Waals surface area contributed by atoms with E-state index in [9.17, 15) is 0 Å². The Morgan fingerprint density at radius 2 is 1.37 bits per heavy atom. The second-order valence-corrected chi connectivity index (χ2v) is 10.6. The van der Waals surface area contributed by atoms with Crippen molar-refractivity contribution in [1.82, 2.24) is 19.1 Å². The molecule has 0 fully saturated rings. The van der Waals surface area contributed by atoms with Crippen molar-refractivity contribution in [3.8, 4) is 22.4 Å². The number of hydrogen-bond acceptors (Lipinski definition) is 4. The van der Waals surface area contributed by atoms with Crippen molar-refractivity contribution in [3.05, 3.63) is 116 Å². The van der Waals surface area contributed by atoms with Crippen LogP contribution in [0.25, 0.3) is 44.3 Å². The molecule has 0 bridgehead atoms. The van der Waals surface area contributed by atoms with E-state index in [0.717, 1.165) is 51.0 Å². The van der Waals surface area contributed by atoms with E-state index in [1.165, 1.54) is 22.0 Å². The molecule has 0 radical (unpaired) electrons. The standard InChI is InChI=1S/C35H28N6/c1-38-21-19-25-24(10-8-15-28(25)38)23-17-18-30-33(22-23)41(31-14-5-4-13-29(31)39(30)2)35-37-34-26(27-12-6-7-20-36-27)11-9-16-32(34)40(35)3/h4-22H,1-3H3. The zero-order chi connectivity index (χ0) is 27.7. The largest absolute Gasteiger partial charge is 0.351 e. The van der Waals surface area contributed by atoms with E-state index in [-0.39, 0.29) is 0 Å². The smallest absolute Gasteiger partial charge is 0.215 e. The summed E-state index contributed by atoms with van der Waals surface area (Å²) in [5.41, 5.74) is 12.0. The quantitative estimate of drug-likeness (QED) is 0.229. The Morgan fingerprint density at radius 3 is 2.20 bits per heavy atom. The zero-order valence-corrected chi connectivity index (χ0v) is 23.2. The van der Waals surface area contributed by atoms with E-state index in [1.54, 1.807) is 0 Å². The van der Waals surface area contributed by atoms with Gasteiger partial charge in [-0.15, -0.1) is 0 Å². The highest BCUT2D eigenvalue weighted by molar-refractivity contribution is 6.02. The van der Waals surface area contributed by atoms with Crippen LogP contribution >= 0.6 is 0 Å². The van der Waals surface area contributed by atoms with E-state index >= 15 is 0 Å². The first-order valence-corrected chi connectivity index (χ1v) is 13.8. The van der Waals surface area contributed by atoms with Gasteiger partial charge < -0.3 is 14.0 Å². The topological polar surface area (TPSA) is 42.1 Å². The van der Waals surface area contributed by atoms with Gasteiger partial charge in [-0.1, -0.05) is 48.5 Å². The number of rotatable bonds is 3. The van der Waals surface area contributed by atoms with Gasteiger partial charge in [0, 0.05) is 50.0 Å². The summed E-state index contributed by atoms with van der Waals surface area (Å²) in [5.74, 6) is 0.861. The maximum atomic E-state index is 5.32. The second kappa shape index (κ2) is 8.83. The van der Waals surface area contributed by atoms with Crippen molar-refractivity contribution in [1.29, 1.82) is 0 Å². The minimum Gasteiger partial charge on any atom is -0.351 e. The molecule has 0 N–H and O–H groups in total. The Morgan fingerprint density at radius 1 is 0.610 bits per heavy atom. The van der Waals surface area contributed by atoms with Crippen LogP contribution in [0.3, 0.4) is 0 Å². The van der Waals surface area contributed by atoms with Crippen molar-refractivity contribution >= 4 is 50.6 Å². The van der Waals surface area contributed by atoms with E-state index in [0.29, 0.717) is 0 Å². The Hall–Kier alpha value is -5.36. The first-order valence-electron chi connectivity index (χ1n) is 13.8. The molecule has 3 aromatic heterocycles. The molecule has 0 amide bonds. The minimum absolute atomic E-state index is 0.861. The van der Waals surface area contributed by atoms with Crippen molar-refractivity contribution in [2.24, 2.45) is 14.1 Å². The molecule has 0 aliphatic carbocycles. The third-order valence-electron chi connectivity index (χ3n) is 8.33. The number of aryl methyl sites for hydroxylation is 2. The van der Waals surface area contributed by atoms with Crippen LogP contribution in [0.4, 0.5) is 28.7 Å². The number of para-hydroxylation sites is 3. The van der Waals surface area contributed by atoms with Gasteiger partial charge in [0.15, 0.2) is 0 Å². The average molecular weight is 533 g/mol. The van der Waals surface area contributed by atoms with Gasteiger partial charge in [0.25, 0.3) is 0 Å². The minimum atomic E-state index is 0.861. The molecule has 0 saturated carbocycles. The van der Waals surface area contributed by atoms with Crippen molar-refractivity contribution < 1.29 is 0 Å². The van der Waals surface area contributed by atoms with Crippen LogP contribution in [-0.4, -0.2) is 26.1 Å². The number of fused-ring (bicyclic) bond motifs is 4. The molecule has 6 nitrogen and oxygen atoms in total. The summed E-state index contributed by atoms with van der Waals surface area (Å²) >= 11 is 0. The predicted octanol–water partition coefficient (Wildman–Crippen LogP) is 8.35. The molecule has 8 rings (SSSR count). The number of aromatic nitrogens is 4. The molecular formula is C35H28N6. The van der Waals surface area contributed by atoms with Gasteiger partial charge in [-0.05, 0) is 65.7 Å². The Bertz CT molecular complexity index is 2100. The number of imidazole rings is 1. The summed E-state index contributed by atoms with van der Waals surface area (Å²) in [6.07, 6.45) is 3.96. The Balaban J connectivity index is 1.38. The van der Waals surface area contributed by atoms with E-state index in [4.69, 9.17) is 4.98 Å². The highest BCUT2D eigenvalue weighted by Gasteiger charge is 2.31. The molecule has 1 aliphatic rings. The van der Waals surface area contributed by atoms with Gasteiger partial charge in [0.05, 0.1) is 34.0 Å². The van der Waals surface area contributed by atoms with Crippen LogP contribution in [0.2, 0.25) is 0 Å². The molecular weight excluding hydrogens is 504 g/mol. The van der Waals surface area contributed by atoms with Gasteiger partial charge in [0.1, 0.15) is 5.52 Å². The summed E-state index contributed by atoms with van der Waals surface area (Å²) < 4.78 is 4.37. The van der Waals surface area contributed by atoms with Gasteiger partial charge >= 0.3 is 0 Å². The van der Waals surface area contributed by atoms with E-state index < -0.39 is 0 Å². The first-order chi connectivity index (χ1) is 20.1. The second-order valence-electron chi connectivity index (χ2n) is 10.6. The zero-order valence-electron chi connectivity index (χ0n) is 23.2. The van der Waals surface area contributed by atoms with Crippen molar-refractivity contribution in [2.45, 2.75) is 0 Å². The fourth-order valence-corrected chi connectivity index (χ4v) is 6.25. The van der Waals surface area contributed by atoms with Gasteiger partial charge in [-0.25, -0.2) is 4.98 Å². The van der Waals surface area contributed by atoms with Crippen molar-refractivity contribution in [3.63, 3.8) is 0 Å². The van der Waals surface area contributed by atoms with E-state index in [2.05, 4.69) is 136 Å². The number of hydrogen-bond donors (Lipinski definition) is 0. The van der Waals surface area contributed by atoms with Crippen LogP contribution in [-0.2, 0) is 14.1 Å². The SMILES string of the molecule is CN1c2ccccc2N(c2nc3c(-c4ccccn4)cccc3n2C)c2cc(-c3cccc4c3ccn4C)ccc21. The fraction of sp³-hybridized carbons (Fsp3) is 0.0857. The first kappa shape index (κ1) is 23.5. The summed E-state index contributed by atoms with van der Waals surface area (Å²) in [5, 5.41) is 1.24. The maximum Gasteiger partial charge on any atom is 0.215 e. The van der Waals surface area contributed by atoms with Crippen molar-refractivity contribution in [2.75, 3.05) is 16.8 Å². The van der Waals surface area contributed by atoms with Crippen LogP contribution < -0.4 is 9.80 Å². The lowest BCUT2D eigenvalue weighted by molar-refractivity contribution is 0.919. The van der Waals surface area contributed by atoms with E-state index in [1.807, 2.05) is 24.4 Å². The molecule has 4 aromatic carbocycles. The average Bonchev–Trinajstić information content (AvgIpc) is 3.57. The lowest BCUT2D eigenvalue weighted by Crippen LogP contribution is -2.25. The summed E-state index contributed by atoms with van der Waals surface area (Å²) in [6, 6.07) is 36.4. The molecule has 198 valence electrons. The molecule has 1 aliphatic heterocycles. The molecule has 4 heterocycles. The normalized spacial score (nSPS) is 12.7. The molecule has 7 aromatic rings. The van der Waals surface area contributed by atoms with Gasteiger partial charge in [0.2, 0.25) is 5.95 Å². The highest BCUT2D eigenvalue weighted by Crippen LogP contribution is 2.52. The van der Waals surface area contributed by atoms with Crippen LogP contribution in [0.1, 0.15) is 0 Å². The number of anilines is 5.